The van der Waals surface area contributed by atoms with Crippen molar-refractivity contribution in [1.29, 1.82) is 0 Å². The molecule has 2 aromatic rings. The maximum atomic E-state index is 12.5. The number of nitrogens with zero attached hydrogens (tertiary/aromatic N) is 1. The van der Waals surface area contributed by atoms with Gasteiger partial charge in [-0.15, -0.1) is 0 Å². The van der Waals surface area contributed by atoms with Crippen molar-refractivity contribution >= 4 is 17.5 Å². The van der Waals surface area contributed by atoms with E-state index in [0.717, 1.165) is 31.2 Å². The number of rotatable bonds is 3. The number of hydrogen-bond donors (Lipinski definition) is 3. The van der Waals surface area contributed by atoms with E-state index in [2.05, 4.69) is 15.5 Å². The molecule has 6 heteroatoms. The smallest absolute Gasteiger partial charge is 0.255 e. The van der Waals surface area contributed by atoms with Gasteiger partial charge in [0, 0.05) is 10.6 Å². The molecule has 2 unspecified atom stereocenters. The molecule has 1 aliphatic rings. The molecule has 22 heavy (non-hydrogen) atoms. The molecule has 1 fully saturated rings. The second-order valence-electron chi connectivity index (χ2n) is 5.60. The van der Waals surface area contributed by atoms with Gasteiger partial charge >= 0.3 is 0 Å². The summed E-state index contributed by atoms with van der Waals surface area (Å²) >= 11 is 5.89. The third kappa shape index (κ3) is 3.15. The molecule has 0 bridgehead atoms. The van der Waals surface area contributed by atoms with E-state index in [1.807, 2.05) is 12.1 Å². The number of halogens is 1. The van der Waals surface area contributed by atoms with Crippen LogP contribution in [0.25, 0.3) is 11.3 Å². The molecular weight excluding hydrogens is 302 g/mol. The second-order valence-corrected chi connectivity index (χ2v) is 6.03. The zero-order valence-corrected chi connectivity index (χ0v) is 12.8. The molecule has 3 N–H and O–H groups in total. The maximum absolute atomic E-state index is 12.5. The molecular formula is C16H18ClN3O2. The molecule has 1 heterocycles. The Morgan fingerprint density at radius 1 is 1.27 bits per heavy atom. The number of nitrogens with one attached hydrogen (secondary N) is 2. The van der Waals surface area contributed by atoms with Gasteiger partial charge in [0.1, 0.15) is 0 Å². The fourth-order valence-corrected chi connectivity index (χ4v) is 2.95. The van der Waals surface area contributed by atoms with Crippen LogP contribution in [0.2, 0.25) is 5.02 Å². The van der Waals surface area contributed by atoms with Gasteiger partial charge in [-0.1, -0.05) is 36.6 Å². The molecule has 1 amide bonds. The highest BCUT2D eigenvalue weighted by molar-refractivity contribution is 6.30. The number of amides is 1. The summed E-state index contributed by atoms with van der Waals surface area (Å²) in [6.07, 6.45) is 4.62. The zero-order chi connectivity index (χ0) is 15.5. The average molecular weight is 320 g/mol. The number of H-pyrrole nitrogens is 1. The summed E-state index contributed by atoms with van der Waals surface area (Å²) in [6.45, 7) is 0. The van der Waals surface area contributed by atoms with Crippen molar-refractivity contribution in [1.82, 2.24) is 15.5 Å². The number of carbonyl (C=O) groups excluding carboxylic acids is 1. The first-order chi connectivity index (χ1) is 10.6. The summed E-state index contributed by atoms with van der Waals surface area (Å²) < 4.78 is 0. The summed E-state index contributed by atoms with van der Waals surface area (Å²) in [5.41, 5.74) is 1.97. The Bertz CT molecular complexity index is 654. The minimum absolute atomic E-state index is 0.186. The van der Waals surface area contributed by atoms with E-state index in [-0.39, 0.29) is 11.9 Å². The van der Waals surface area contributed by atoms with Gasteiger partial charge in [0.2, 0.25) is 0 Å². The predicted octanol–water partition coefficient (Wildman–Crippen LogP) is 2.76. The van der Waals surface area contributed by atoms with Crippen molar-refractivity contribution in [3.8, 4) is 11.3 Å². The van der Waals surface area contributed by atoms with Crippen LogP contribution < -0.4 is 5.32 Å². The summed E-state index contributed by atoms with van der Waals surface area (Å²) in [4.78, 5) is 12.5. The number of benzene rings is 1. The van der Waals surface area contributed by atoms with Crippen LogP contribution in [0.15, 0.2) is 30.5 Å². The van der Waals surface area contributed by atoms with Crippen LogP contribution in [0.4, 0.5) is 0 Å². The fourth-order valence-electron chi connectivity index (χ4n) is 2.82. The van der Waals surface area contributed by atoms with E-state index < -0.39 is 6.10 Å². The molecule has 0 saturated heterocycles. The molecule has 1 saturated carbocycles. The average Bonchev–Trinajstić information content (AvgIpc) is 3.00. The standard InChI is InChI=1S/C16H18ClN3O2/c17-11-7-5-10(6-8-11)15-12(9-18-20-15)16(22)19-13-3-1-2-4-14(13)21/h5-9,13-14,21H,1-4H2,(H,18,20)(H,19,22). The van der Waals surface area contributed by atoms with Crippen molar-refractivity contribution in [2.45, 2.75) is 37.8 Å². The van der Waals surface area contributed by atoms with Crippen molar-refractivity contribution in [3.05, 3.63) is 41.0 Å². The first kappa shape index (κ1) is 15.1. The van der Waals surface area contributed by atoms with Gasteiger partial charge in [-0.25, -0.2) is 0 Å². The molecule has 3 rings (SSSR count). The van der Waals surface area contributed by atoms with E-state index in [0.29, 0.717) is 16.3 Å². The minimum Gasteiger partial charge on any atom is -0.391 e. The molecule has 1 aliphatic carbocycles. The Hall–Kier alpha value is -1.85. The normalized spacial score (nSPS) is 21.5. The third-order valence-corrected chi connectivity index (χ3v) is 4.31. The lowest BCUT2D eigenvalue weighted by molar-refractivity contribution is 0.0718. The Morgan fingerprint density at radius 2 is 2.00 bits per heavy atom. The lowest BCUT2D eigenvalue weighted by Crippen LogP contribution is -2.45. The van der Waals surface area contributed by atoms with Crippen LogP contribution in [0.3, 0.4) is 0 Å². The van der Waals surface area contributed by atoms with E-state index in [1.54, 1.807) is 12.1 Å². The van der Waals surface area contributed by atoms with Crippen molar-refractivity contribution in [2.24, 2.45) is 0 Å². The quantitative estimate of drug-likeness (QED) is 0.814. The zero-order valence-electron chi connectivity index (χ0n) is 12.1. The largest absolute Gasteiger partial charge is 0.391 e. The lowest BCUT2D eigenvalue weighted by atomic mass is 9.92. The molecule has 1 aromatic carbocycles. The number of aliphatic hydroxyl groups excluding tert-OH is 1. The minimum atomic E-state index is -0.469. The van der Waals surface area contributed by atoms with Crippen molar-refractivity contribution < 1.29 is 9.90 Å². The Kier molecular flexibility index (Phi) is 4.45. The van der Waals surface area contributed by atoms with Crippen LogP contribution in [0.1, 0.15) is 36.0 Å². The first-order valence-corrected chi connectivity index (χ1v) is 7.81. The monoisotopic (exact) mass is 319 g/mol. The summed E-state index contributed by atoms with van der Waals surface area (Å²) in [7, 11) is 0. The molecule has 116 valence electrons. The SMILES string of the molecule is O=C(NC1CCCCC1O)c1cn[nH]c1-c1ccc(Cl)cc1. The van der Waals surface area contributed by atoms with E-state index in [4.69, 9.17) is 11.6 Å². The van der Waals surface area contributed by atoms with Gasteiger partial charge < -0.3 is 10.4 Å². The highest BCUT2D eigenvalue weighted by Gasteiger charge is 2.26. The molecule has 2 atom stereocenters. The Morgan fingerprint density at radius 3 is 2.73 bits per heavy atom. The van der Waals surface area contributed by atoms with Crippen LogP contribution in [0.5, 0.6) is 0 Å². The third-order valence-electron chi connectivity index (χ3n) is 4.06. The van der Waals surface area contributed by atoms with Gasteiger partial charge in [0.05, 0.1) is 29.6 Å². The first-order valence-electron chi connectivity index (χ1n) is 7.43. The molecule has 1 aromatic heterocycles. The van der Waals surface area contributed by atoms with Crippen molar-refractivity contribution in [2.75, 3.05) is 0 Å². The number of aliphatic hydroxyl groups is 1. The van der Waals surface area contributed by atoms with Crippen LogP contribution in [-0.4, -0.2) is 33.4 Å². The van der Waals surface area contributed by atoms with Gasteiger partial charge in [0.25, 0.3) is 5.91 Å². The highest BCUT2D eigenvalue weighted by Crippen LogP contribution is 2.24. The van der Waals surface area contributed by atoms with Crippen molar-refractivity contribution in [3.63, 3.8) is 0 Å². The molecule has 0 aliphatic heterocycles. The number of carbonyl (C=O) groups is 1. The van der Waals surface area contributed by atoms with Gasteiger partial charge in [-0.05, 0) is 25.0 Å². The molecule has 5 nitrogen and oxygen atoms in total. The summed E-state index contributed by atoms with van der Waals surface area (Å²) in [5.74, 6) is -0.218. The summed E-state index contributed by atoms with van der Waals surface area (Å²) in [5, 5.41) is 20.4. The maximum Gasteiger partial charge on any atom is 0.255 e. The molecule has 0 spiro atoms. The van der Waals surface area contributed by atoms with E-state index in [1.165, 1.54) is 6.20 Å². The Labute approximate surface area is 133 Å². The second kappa shape index (κ2) is 6.50. The topological polar surface area (TPSA) is 78.0 Å². The highest BCUT2D eigenvalue weighted by atomic mass is 35.5. The fraction of sp³-hybridized carbons (Fsp3) is 0.375. The van der Waals surface area contributed by atoms with Crippen LogP contribution in [-0.2, 0) is 0 Å². The van der Waals surface area contributed by atoms with E-state index in [9.17, 15) is 9.90 Å². The van der Waals surface area contributed by atoms with Gasteiger partial charge in [-0.3, -0.25) is 9.89 Å². The number of aromatic nitrogens is 2. The Balaban J connectivity index is 1.79. The number of hydrogen-bond acceptors (Lipinski definition) is 3. The van der Waals surface area contributed by atoms with Crippen LogP contribution in [0, 0.1) is 0 Å². The molecule has 0 radical (unpaired) electrons. The van der Waals surface area contributed by atoms with Gasteiger partial charge in [-0.2, -0.15) is 5.10 Å². The van der Waals surface area contributed by atoms with Crippen LogP contribution >= 0.6 is 11.6 Å². The number of aromatic amines is 1. The predicted molar refractivity (Wildman–Crippen MR) is 84.8 cm³/mol. The lowest BCUT2D eigenvalue weighted by Gasteiger charge is -2.28. The van der Waals surface area contributed by atoms with Gasteiger partial charge in [0.15, 0.2) is 0 Å². The van der Waals surface area contributed by atoms with E-state index >= 15 is 0 Å². The summed E-state index contributed by atoms with van der Waals surface area (Å²) in [6, 6.07) is 7.02.